The average molecular weight is 513 g/mol. The van der Waals surface area contributed by atoms with Crippen LogP contribution in [-0.2, 0) is 0 Å². The Morgan fingerprint density at radius 3 is 1.69 bits per heavy atom. The zero-order valence-corrected chi connectivity index (χ0v) is 21.5. The van der Waals surface area contributed by atoms with Crippen LogP contribution in [0.15, 0.2) is 133 Å². The van der Waals surface area contributed by atoms with E-state index in [0.717, 1.165) is 16.8 Å². The number of nitrogens with two attached hydrogens (primary N) is 1. The predicted molar refractivity (Wildman–Crippen MR) is 165 cm³/mol. The number of fused-ring (bicyclic) bond motifs is 3. The van der Waals surface area contributed by atoms with E-state index < -0.39 is 0 Å². The van der Waals surface area contributed by atoms with Crippen molar-refractivity contribution in [3.63, 3.8) is 0 Å². The van der Waals surface area contributed by atoms with Crippen LogP contribution in [0.5, 0.6) is 0 Å². The lowest BCUT2D eigenvalue weighted by Gasteiger charge is -2.28. The normalized spacial score (nSPS) is 13.6. The van der Waals surface area contributed by atoms with Gasteiger partial charge in [0.15, 0.2) is 0 Å². The first kappa shape index (κ1) is 26.4. The highest BCUT2D eigenvalue weighted by Gasteiger charge is 2.19. The molecule has 4 nitrogen and oxygen atoms in total. The summed E-state index contributed by atoms with van der Waals surface area (Å²) >= 11 is 0. The number of benzene rings is 5. The van der Waals surface area contributed by atoms with E-state index >= 15 is 0 Å². The second kappa shape index (κ2) is 11.7. The molecule has 1 aromatic heterocycles. The highest BCUT2D eigenvalue weighted by Crippen LogP contribution is 2.32. The van der Waals surface area contributed by atoms with Crippen LogP contribution in [0.1, 0.15) is 49.4 Å². The van der Waals surface area contributed by atoms with Crippen LogP contribution in [0.3, 0.4) is 0 Å². The summed E-state index contributed by atoms with van der Waals surface area (Å²) in [6, 6.07) is 46.7. The zero-order chi connectivity index (χ0) is 25.9. The van der Waals surface area contributed by atoms with Crippen molar-refractivity contribution < 1.29 is 0 Å². The number of hydrogen-bond donors (Lipinski definition) is 3. The van der Waals surface area contributed by atoms with Gasteiger partial charge in [-0.05, 0) is 47.9 Å². The average Bonchev–Trinajstić information content (AvgIpc) is 3.32. The van der Waals surface area contributed by atoms with Gasteiger partial charge in [-0.2, -0.15) is 0 Å². The summed E-state index contributed by atoms with van der Waals surface area (Å²) < 4.78 is 2.32. The molecule has 0 amide bonds. The molecule has 39 heavy (non-hydrogen) atoms. The van der Waals surface area contributed by atoms with Crippen molar-refractivity contribution in [2.75, 3.05) is 0 Å². The maximum Gasteiger partial charge on any atom is 0.0854 e. The minimum Gasteiger partial charge on any atom is -0.312 e. The van der Waals surface area contributed by atoms with E-state index in [2.05, 4.69) is 143 Å². The lowest BCUT2D eigenvalue weighted by molar-refractivity contribution is 0.356. The molecule has 0 aliphatic carbocycles. The summed E-state index contributed by atoms with van der Waals surface area (Å²) in [5, 5.41) is 9.90. The summed E-state index contributed by atoms with van der Waals surface area (Å²) in [5.74, 6) is 0. The first-order valence-electron chi connectivity index (χ1n) is 13.1. The van der Waals surface area contributed by atoms with E-state index in [-0.39, 0.29) is 25.8 Å². The van der Waals surface area contributed by atoms with Crippen LogP contribution in [-0.4, -0.2) is 4.57 Å². The molecule has 0 saturated heterocycles. The molecule has 0 radical (unpaired) electrons. The Kier molecular flexibility index (Phi) is 7.89. The fraction of sp³-hybridized carbons (Fsp3) is 0.143. The van der Waals surface area contributed by atoms with Crippen molar-refractivity contribution in [2.24, 2.45) is 5.73 Å². The highest BCUT2D eigenvalue weighted by molar-refractivity contribution is 6.09. The van der Waals surface area contributed by atoms with E-state index in [4.69, 9.17) is 5.73 Å². The number of nitrogens with zero attached hydrogens (tertiary/aromatic N) is 1. The first-order chi connectivity index (χ1) is 18.7. The summed E-state index contributed by atoms with van der Waals surface area (Å²) in [7, 11) is 0. The maximum absolute atomic E-state index is 6.83. The van der Waals surface area contributed by atoms with Crippen molar-refractivity contribution in [3.05, 3.63) is 150 Å². The largest absolute Gasteiger partial charge is 0.312 e. The Hall–Kier alpha value is -4.22. The quantitative estimate of drug-likeness (QED) is 0.181. The van der Waals surface area contributed by atoms with E-state index in [1.54, 1.807) is 0 Å². The van der Waals surface area contributed by atoms with Gasteiger partial charge in [0.05, 0.1) is 23.4 Å². The molecule has 0 aliphatic rings. The van der Waals surface area contributed by atoms with Gasteiger partial charge in [0.2, 0.25) is 0 Å². The third-order valence-corrected chi connectivity index (χ3v) is 7.26. The predicted octanol–water partition coefficient (Wildman–Crippen LogP) is 8.02. The molecular weight excluding hydrogens is 476 g/mol. The van der Waals surface area contributed by atoms with Gasteiger partial charge in [-0.25, -0.2) is 0 Å². The molecular formula is C35H36N4. The molecule has 1 heterocycles. The van der Waals surface area contributed by atoms with E-state index in [1.165, 1.54) is 27.4 Å². The zero-order valence-electron chi connectivity index (χ0n) is 21.5. The smallest absolute Gasteiger partial charge is 0.0854 e. The van der Waals surface area contributed by atoms with E-state index in [0.29, 0.717) is 0 Å². The molecule has 0 fully saturated rings. The summed E-state index contributed by atoms with van der Waals surface area (Å²) in [5.41, 5.74) is 13.7. The van der Waals surface area contributed by atoms with Gasteiger partial charge >= 0.3 is 0 Å². The molecule has 3 atom stereocenters. The molecule has 6 rings (SSSR count). The van der Waals surface area contributed by atoms with Gasteiger partial charge in [0.25, 0.3) is 0 Å². The third-order valence-electron chi connectivity index (χ3n) is 7.26. The van der Waals surface area contributed by atoms with Gasteiger partial charge in [-0.1, -0.05) is 117 Å². The second-order valence-corrected chi connectivity index (χ2v) is 9.75. The van der Waals surface area contributed by atoms with Gasteiger partial charge < -0.3 is 10.3 Å². The molecule has 6 aromatic rings. The molecule has 4 N–H and O–H groups in total. The maximum atomic E-state index is 6.83. The highest BCUT2D eigenvalue weighted by atomic mass is 15.2. The molecule has 0 aliphatic heterocycles. The van der Waals surface area contributed by atoms with Gasteiger partial charge in [0.1, 0.15) is 0 Å². The number of para-hydroxylation sites is 2. The van der Waals surface area contributed by atoms with Crippen molar-refractivity contribution in [1.29, 1.82) is 0 Å². The van der Waals surface area contributed by atoms with Crippen molar-refractivity contribution in [3.8, 4) is 5.69 Å². The first-order valence-corrected chi connectivity index (χ1v) is 13.1. The standard InChI is InChI=1S/C34H32N4.CH4/c1-24(25-13-4-2-5-14-25)36-34(26-15-6-3-7-16-26)37-33(35)27-17-12-18-28(23-27)38-31-21-10-8-19-29(31)30-20-9-11-22-32(30)38;/h2-24,33-34,36-37H,35H2,1H3;1H4. The Labute approximate surface area is 231 Å². The number of rotatable bonds is 8. The van der Waals surface area contributed by atoms with Crippen LogP contribution in [0.25, 0.3) is 27.5 Å². The molecule has 0 saturated carbocycles. The van der Waals surface area contributed by atoms with Crippen LogP contribution >= 0.6 is 0 Å². The third kappa shape index (κ3) is 5.36. The van der Waals surface area contributed by atoms with Crippen molar-refractivity contribution in [2.45, 2.75) is 32.7 Å². The second-order valence-electron chi connectivity index (χ2n) is 9.75. The Morgan fingerprint density at radius 2 is 1.08 bits per heavy atom. The minimum absolute atomic E-state index is 0. The lowest BCUT2D eigenvalue weighted by Crippen LogP contribution is -2.41. The van der Waals surface area contributed by atoms with Gasteiger partial charge in [-0.15, -0.1) is 0 Å². The van der Waals surface area contributed by atoms with Crippen LogP contribution < -0.4 is 16.4 Å². The van der Waals surface area contributed by atoms with Crippen LogP contribution in [0.4, 0.5) is 0 Å². The Bertz CT molecular complexity index is 1600. The molecule has 0 bridgehead atoms. The lowest BCUT2D eigenvalue weighted by atomic mass is 10.1. The van der Waals surface area contributed by atoms with E-state index in [1.807, 2.05) is 12.1 Å². The molecule has 196 valence electrons. The van der Waals surface area contributed by atoms with Gasteiger partial charge in [0, 0.05) is 22.5 Å². The number of nitrogens with one attached hydrogen (secondary N) is 2. The molecule has 5 aromatic carbocycles. The Morgan fingerprint density at radius 1 is 0.564 bits per heavy atom. The van der Waals surface area contributed by atoms with E-state index in [9.17, 15) is 0 Å². The van der Waals surface area contributed by atoms with Crippen molar-refractivity contribution in [1.82, 2.24) is 15.2 Å². The molecule has 4 heteroatoms. The van der Waals surface area contributed by atoms with Gasteiger partial charge in [-0.3, -0.25) is 10.6 Å². The molecule has 0 spiro atoms. The van der Waals surface area contributed by atoms with Crippen LogP contribution in [0, 0.1) is 0 Å². The number of hydrogen-bond acceptors (Lipinski definition) is 3. The van der Waals surface area contributed by atoms with Crippen LogP contribution in [0.2, 0.25) is 0 Å². The monoisotopic (exact) mass is 512 g/mol. The SMILES string of the molecule is C.CC(NC(NC(N)c1cccc(-n2c3ccccc3c3ccccc32)c1)c1ccccc1)c1ccccc1. The van der Waals surface area contributed by atoms with Crippen molar-refractivity contribution >= 4 is 21.8 Å². The fourth-order valence-corrected chi connectivity index (χ4v) is 5.31. The summed E-state index contributed by atoms with van der Waals surface area (Å²) in [6.45, 7) is 2.18. The topological polar surface area (TPSA) is 55.0 Å². The summed E-state index contributed by atoms with van der Waals surface area (Å²) in [4.78, 5) is 0. The Balaban J connectivity index is 0.00000308. The minimum atomic E-state index is -0.372. The fourth-order valence-electron chi connectivity index (χ4n) is 5.31. The summed E-state index contributed by atoms with van der Waals surface area (Å²) in [6.07, 6.45) is -0.498. The molecule has 3 unspecified atom stereocenters. The number of aromatic nitrogens is 1.